The summed E-state index contributed by atoms with van der Waals surface area (Å²) in [6.45, 7) is 2.36. The van der Waals surface area contributed by atoms with Crippen LogP contribution in [0.2, 0.25) is 0 Å². The number of nitrogens with zero attached hydrogens (tertiary/aromatic N) is 4. The van der Waals surface area contributed by atoms with Crippen LogP contribution >= 0.6 is 0 Å². The van der Waals surface area contributed by atoms with Gasteiger partial charge in [0.2, 0.25) is 0 Å². The average molecular weight is 287 g/mol. The zero-order valence-corrected chi connectivity index (χ0v) is 12.3. The second-order valence-electron chi connectivity index (χ2n) is 6.72. The van der Waals surface area contributed by atoms with E-state index in [1.54, 1.807) is 0 Å². The average Bonchev–Trinajstić information content (AvgIpc) is 3.15. The smallest absolute Gasteiger partial charge is 0.178 e. The van der Waals surface area contributed by atoms with Crippen molar-refractivity contribution in [2.75, 3.05) is 11.9 Å². The minimum Gasteiger partial charge on any atom is -0.396 e. The summed E-state index contributed by atoms with van der Waals surface area (Å²) in [6, 6.07) is 4.18. The first-order valence-electron chi connectivity index (χ1n) is 7.79. The van der Waals surface area contributed by atoms with Crippen LogP contribution in [0.25, 0.3) is 5.65 Å². The first-order chi connectivity index (χ1) is 10.2. The molecule has 2 aromatic rings. The second kappa shape index (κ2) is 4.66. The predicted octanol–water partition coefficient (Wildman–Crippen LogP) is 1.96. The van der Waals surface area contributed by atoms with Gasteiger partial charge in [-0.3, -0.25) is 0 Å². The third kappa shape index (κ3) is 2.18. The quantitative estimate of drug-likeness (QED) is 0.899. The molecule has 0 saturated heterocycles. The van der Waals surface area contributed by atoms with Gasteiger partial charge in [-0.15, -0.1) is 15.3 Å². The van der Waals surface area contributed by atoms with Crippen molar-refractivity contribution in [1.82, 2.24) is 19.8 Å². The van der Waals surface area contributed by atoms with Gasteiger partial charge in [-0.1, -0.05) is 13.3 Å². The maximum absolute atomic E-state index is 9.65. The van der Waals surface area contributed by atoms with Crippen molar-refractivity contribution in [3.63, 3.8) is 0 Å². The van der Waals surface area contributed by atoms with Crippen molar-refractivity contribution < 1.29 is 5.11 Å². The number of nitrogens with one attached hydrogen (secondary N) is 1. The highest BCUT2D eigenvalue weighted by Crippen LogP contribution is 2.40. The van der Waals surface area contributed by atoms with Gasteiger partial charge in [0.25, 0.3) is 0 Å². The van der Waals surface area contributed by atoms with Crippen molar-refractivity contribution >= 4 is 11.5 Å². The third-order valence-electron chi connectivity index (χ3n) is 4.99. The molecular weight excluding hydrogens is 266 g/mol. The zero-order chi connectivity index (χ0) is 14.4. The fourth-order valence-corrected chi connectivity index (χ4v) is 3.33. The van der Waals surface area contributed by atoms with E-state index >= 15 is 0 Å². The molecule has 4 rings (SSSR count). The molecule has 2 atom stereocenters. The van der Waals surface area contributed by atoms with Gasteiger partial charge in [0.05, 0.1) is 6.61 Å². The van der Waals surface area contributed by atoms with Crippen LogP contribution < -0.4 is 5.32 Å². The molecule has 0 aliphatic heterocycles. The molecule has 2 aliphatic carbocycles. The Kier molecular flexibility index (Phi) is 2.89. The normalized spacial score (nSPS) is 29.1. The van der Waals surface area contributed by atoms with Gasteiger partial charge in [0.15, 0.2) is 11.5 Å². The standard InChI is InChI=1S/C15H21N5O/c1-15(9-21)8-2-3-11(15)16-12-6-7-13-17-18-14(10-4-5-10)20(13)19-12/h6-7,10-11,21H,2-5,8-9H2,1H3,(H,16,19)/t11-,15+/m1/s1. The van der Waals surface area contributed by atoms with Gasteiger partial charge < -0.3 is 10.4 Å². The van der Waals surface area contributed by atoms with E-state index in [0.717, 1.165) is 36.6 Å². The molecule has 2 fully saturated rings. The maximum Gasteiger partial charge on any atom is 0.178 e. The van der Waals surface area contributed by atoms with Crippen LogP contribution in [0.3, 0.4) is 0 Å². The summed E-state index contributed by atoms with van der Waals surface area (Å²) < 4.78 is 1.87. The van der Waals surface area contributed by atoms with Crippen molar-refractivity contribution in [2.45, 2.75) is 51.0 Å². The highest BCUT2D eigenvalue weighted by molar-refractivity contribution is 5.45. The number of aromatic nitrogens is 4. The lowest BCUT2D eigenvalue weighted by molar-refractivity contribution is 0.139. The van der Waals surface area contributed by atoms with Gasteiger partial charge in [0, 0.05) is 17.4 Å². The number of hydrogen-bond acceptors (Lipinski definition) is 5. The molecule has 0 aromatic carbocycles. The molecule has 2 saturated carbocycles. The molecule has 0 radical (unpaired) electrons. The Hall–Kier alpha value is -1.69. The van der Waals surface area contributed by atoms with E-state index in [4.69, 9.17) is 0 Å². The van der Waals surface area contributed by atoms with Crippen molar-refractivity contribution in [3.8, 4) is 0 Å². The Morgan fingerprint density at radius 1 is 1.33 bits per heavy atom. The fraction of sp³-hybridized carbons (Fsp3) is 0.667. The summed E-state index contributed by atoms with van der Waals surface area (Å²) in [5.41, 5.74) is 0.752. The molecular formula is C15H21N5O. The summed E-state index contributed by atoms with van der Waals surface area (Å²) in [4.78, 5) is 0. The van der Waals surface area contributed by atoms with Crippen molar-refractivity contribution in [2.24, 2.45) is 5.41 Å². The monoisotopic (exact) mass is 287 g/mol. The molecule has 2 aromatic heterocycles. The van der Waals surface area contributed by atoms with Gasteiger partial charge in [-0.2, -0.15) is 4.52 Å². The number of hydrogen-bond donors (Lipinski definition) is 2. The van der Waals surface area contributed by atoms with E-state index in [1.807, 2.05) is 16.6 Å². The highest BCUT2D eigenvalue weighted by atomic mass is 16.3. The lowest BCUT2D eigenvalue weighted by Gasteiger charge is -2.30. The van der Waals surface area contributed by atoms with Crippen LogP contribution in [0, 0.1) is 5.41 Å². The topological polar surface area (TPSA) is 75.3 Å². The van der Waals surface area contributed by atoms with Crippen LogP contribution in [-0.4, -0.2) is 37.6 Å². The summed E-state index contributed by atoms with van der Waals surface area (Å²) in [7, 11) is 0. The molecule has 0 unspecified atom stereocenters. The first-order valence-corrected chi connectivity index (χ1v) is 7.79. The molecule has 0 bridgehead atoms. The van der Waals surface area contributed by atoms with E-state index in [-0.39, 0.29) is 18.1 Å². The van der Waals surface area contributed by atoms with E-state index in [2.05, 4.69) is 27.5 Å². The molecule has 2 heterocycles. The molecule has 6 nitrogen and oxygen atoms in total. The van der Waals surface area contributed by atoms with Gasteiger partial charge in [-0.05, 0) is 37.8 Å². The molecule has 6 heteroatoms. The van der Waals surface area contributed by atoms with Crippen molar-refractivity contribution in [1.29, 1.82) is 0 Å². The predicted molar refractivity (Wildman–Crippen MR) is 79.2 cm³/mol. The number of anilines is 1. The van der Waals surface area contributed by atoms with Crippen molar-refractivity contribution in [3.05, 3.63) is 18.0 Å². The number of aliphatic hydroxyl groups excluding tert-OH is 1. The lowest BCUT2D eigenvalue weighted by atomic mass is 9.86. The molecule has 0 amide bonds. The Bertz CT molecular complexity index is 665. The highest BCUT2D eigenvalue weighted by Gasteiger charge is 2.38. The lowest BCUT2D eigenvalue weighted by Crippen LogP contribution is -2.36. The number of fused-ring (bicyclic) bond motifs is 1. The number of rotatable bonds is 4. The number of aliphatic hydroxyl groups is 1. The summed E-state index contributed by atoms with van der Waals surface area (Å²) in [6.07, 6.45) is 5.66. The van der Waals surface area contributed by atoms with E-state index < -0.39 is 0 Å². The van der Waals surface area contributed by atoms with Gasteiger partial charge in [0.1, 0.15) is 5.82 Å². The summed E-state index contributed by atoms with van der Waals surface area (Å²) in [5.74, 6) is 2.35. The van der Waals surface area contributed by atoms with Gasteiger partial charge in [-0.25, -0.2) is 0 Å². The molecule has 0 spiro atoms. The van der Waals surface area contributed by atoms with E-state index in [9.17, 15) is 5.11 Å². The maximum atomic E-state index is 9.65. The van der Waals surface area contributed by atoms with Crippen LogP contribution in [0.1, 0.15) is 50.8 Å². The molecule has 21 heavy (non-hydrogen) atoms. The van der Waals surface area contributed by atoms with E-state index in [1.165, 1.54) is 12.8 Å². The molecule has 2 N–H and O–H groups in total. The Labute approximate surface area is 123 Å². The van der Waals surface area contributed by atoms with Crippen LogP contribution in [-0.2, 0) is 0 Å². The first kappa shape index (κ1) is 13.0. The van der Waals surface area contributed by atoms with Crippen LogP contribution in [0.15, 0.2) is 12.1 Å². The Morgan fingerprint density at radius 2 is 2.19 bits per heavy atom. The second-order valence-corrected chi connectivity index (χ2v) is 6.72. The Morgan fingerprint density at radius 3 is 2.95 bits per heavy atom. The zero-order valence-electron chi connectivity index (χ0n) is 12.3. The van der Waals surface area contributed by atoms with Crippen LogP contribution in [0.5, 0.6) is 0 Å². The minimum atomic E-state index is -0.0524. The Balaban J connectivity index is 1.63. The summed E-state index contributed by atoms with van der Waals surface area (Å²) >= 11 is 0. The summed E-state index contributed by atoms with van der Waals surface area (Å²) in [5, 5.41) is 26.3. The molecule has 2 aliphatic rings. The SMILES string of the molecule is C[C@@]1(CO)CCC[C@H]1Nc1ccc2nnc(C3CC3)n2n1. The fourth-order valence-electron chi connectivity index (χ4n) is 3.33. The van der Waals surface area contributed by atoms with E-state index in [0.29, 0.717) is 5.92 Å². The third-order valence-corrected chi connectivity index (χ3v) is 4.99. The molecule has 112 valence electrons. The minimum absolute atomic E-state index is 0.0524. The van der Waals surface area contributed by atoms with Gasteiger partial charge >= 0.3 is 0 Å². The largest absolute Gasteiger partial charge is 0.396 e. The van der Waals surface area contributed by atoms with Crippen LogP contribution in [0.4, 0.5) is 5.82 Å².